The van der Waals surface area contributed by atoms with Gasteiger partial charge in [0, 0.05) is 12.8 Å². The molecular formula is C30H56O8. The molecule has 0 rings (SSSR count). The van der Waals surface area contributed by atoms with E-state index in [1.54, 1.807) is 0 Å². The predicted molar refractivity (Wildman–Crippen MR) is 150 cm³/mol. The van der Waals surface area contributed by atoms with Crippen LogP contribution in [0.2, 0.25) is 0 Å². The number of hydrogen-bond acceptors (Lipinski definition) is 4. The van der Waals surface area contributed by atoms with Crippen molar-refractivity contribution in [2.24, 2.45) is 11.8 Å². The Balaban J connectivity index is 0. The summed E-state index contributed by atoms with van der Waals surface area (Å²) in [7, 11) is 0. The molecule has 0 aromatic heterocycles. The van der Waals surface area contributed by atoms with E-state index in [-0.39, 0.29) is 24.7 Å². The van der Waals surface area contributed by atoms with E-state index in [2.05, 4.69) is 13.8 Å². The smallest absolute Gasteiger partial charge is 0.306 e. The van der Waals surface area contributed by atoms with Gasteiger partial charge in [-0.15, -0.1) is 0 Å². The Morgan fingerprint density at radius 2 is 0.684 bits per heavy atom. The summed E-state index contributed by atoms with van der Waals surface area (Å²) < 4.78 is 0. The third-order valence-electron chi connectivity index (χ3n) is 6.90. The molecule has 0 amide bonds. The minimum absolute atomic E-state index is 0.0697. The van der Waals surface area contributed by atoms with E-state index in [4.69, 9.17) is 20.4 Å². The fourth-order valence-electron chi connectivity index (χ4n) is 4.48. The van der Waals surface area contributed by atoms with Gasteiger partial charge >= 0.3 is 23.9 Å². The van der Waals surface area contributed by atoms with Crippen LogP contribution >= 0.6 is 0 Å². The summed E-state index contributed by atoms with van der Waals surface area (Å²) in [5.41, 5.74) is 0. The number of unbranched alkanes of at least 4 members (excludes halogenated alkanes) is 12. The van der Waals surface area contributed by atoms with Crippen molar-refractivity contribution in [3.63, 3.8) is 0 Å². The monoisotopic (exact) mass is 544 g/mol. The number of rotatable bonds is 26. The van der Waals surface area contributed by atoms with Crippen LogP contribution < -0.4 is 0 Å². The summed E-state index contributed by atoms with van der Waals surface area (Å²) in [4.78, 5) is 42.8. The van der Waals surface area contributed by atoms with Crippen molar-refractivity contribution in [1.82, 2.24) is 0 Å². The highest BCUT2D eigenvalue weighted by Gasteiger charge is 2.17. The van der Waals surface area contributed by atoms with Gasteiger partial charge in [-0.05, 0) is 38.5 Å². The van der Waals surface area contributed by atoms with E-state index in [1.807, 2.05) is 0 Å². The molecule has 0 aromatic rings. The van der Waals surface area contributed by atoms with Crippen molar-refractivity contribution in [3.8, 4) is 0 Å². The van der Waals surface area contributed by atoms with Crippen molar-refractivity contribution in [3.05, 3.63) is 0 Å². The van der Waals surface area contributed by atoms with Crippen molar-refractivity contribution < 1.29 is 39.6 Å². The molecule has 2 atom stereocenters. The maximum Gasteiger partial charge on any atom is 0.306 e. The maximum absolute atomic E-state index is 11.1. The maximum atomic E-state index is 11.1. The van der Waals surface area contributed by atoms with Gasteiger partial charge in [-0.1, -0.05) is 104 Å². The van der Waals surface area contributed by atoms with Crippen LogP contribution in [-0.4, -0.2) is 44.3 Å². The average molecular weight is 545 g/mol. The molecule has 0 saturated heterocycles. The molecule has 0 spiro atoms. The summed E-state index contributed by atoms with van der Waals surface area (Å²) in [5.74, 6) is -3.99. The Bertz CT molecular complexity index is 605. The zero-order valence-corrected chi connectivity index (χ0v) is 24.1. The molecule has 0 bridgehead atoms. The lowest BCUT2D eigenvalue weighted by Gasteiger charge is -2.11. The third-order valence-corrected chi connectivity index (χ3v) is 6.90. The molecule has 0 aliphatic carbocycles. The Morgan fingerprint density at radius 3 is 0.947 bits per heavy atom. The Kier molecular flexibility index (Phi) is 27.9. The average Bonchev–Trinajstić information content (AvgIpc) is 2.85. The Hall–Kier alpha value is -2.12. The van der Waals surface area contributed by atoms with Crippen LogP contribution in [0.5, 0.6) is 0 Å². The van der Waals surface area contributed by atoms with Gasteiger partial charge in [-0.3, -0.25) is 19.2 Å². The van der Waals surface area contributed by atoms with Gasteiger partial charge in [0.2, 0.25) is 0 Å². The molecule has 2 unspecified atom stereocenters. The van der Waals surface area contributed by atoms with Crippen molar-refractivity contribution in [2.75, 3.05) is 0 Å². The predicted octanol–water partition coefficient (Wildman–Crippen LogP) is 8.17. The molecule has 38 heavy (non-hydrogen) atoms. The molecule has 0 heterocycles. The molecule has 0 aliphatic heterocycles. The fourth-order valence-corrected chi connectivity index (χ4v) is 4.48. The second-order valence-electron chi connectivity index (χ2n) is 10.5. The standard InChI is InChI=1S/C16H30O4.C14H26O4/c1-2-3-4-5-6-7-8-9-11-14(16(19)20)12-10-13-15(17)18;1-2-3-4-5-6-7-9-12(14(17)18)10-8-11-13(15)16/h14H,2-13H2,1H3,(H,17,18)(H,19,20);12H,2-11H2,1H3,(H,15,16)(H,17,18). The van der Waals surface area contributed by atoms with Crippen LogP contribution in [-0.2, 0) is 19.2 Å². The van der Waals surface area contributed by atoms with E-state index in [1.165, 1.54) is 64.2 Å². The van der Waals surface area contributed by atoms with Gasteiger partial charge in [-0.25, -0.2) is 0 Å². The molecule has 0 radical (unpaired) electrons. The first-order valence-corrected chi connectivity index (χ1v) is 15.0. The lowest BCUT2D eigenvalue weighted by Crippen LogP contribution is -2.14. The van der Waals surface area contributed by atoms with Crippen molar-refractivity contribution >= 4 is 23.9 Å². The van der Waals surface area contributed by atoms with Crippen LogP contribution in [0.4, 0.5) is 0 Å². The fraction of sp³-hybridized carbons (Fsp3) is 0.867. The second-order valence-corrected chi connectivity index (χ2v) is 10.5. The first-order valence-electron chi connectivity index (χ1n) is 15.0. The lowest BCUT2D eigenvalue weighted by atomic mass is 9.95. The minimum atomic E-state index is -0.848. The van der Waals surface area contributed by atoms with Crippen molar-refractivity contribution in [2.45, 2.75) is 155 Å². The van der Waals surface area contributed by atoms with Crippen molar-refractivity contribution in [1.29, 1.82) is 0 Å². The largest absolute Gasteiger partial charge is 0.481 e. The van der Waals surface area contributed by atoms with Gasteiger partial charge in [0.15, 0.2) is 0 Å². The summed E-state index contributed by atoms with van der Waals surface area (Å²) in [6.07, 6.45) is 19.9. The molecular weight excluding hydrogens is 488 g/mol. The number of aliphatic carboxylic acids is 4. The number of hydrogen-bond donors (Lipinski definition) is 4. The third kappa shape index (κ3) is 28.5. The number of carboxylic acids is 4. The van der Waals surface area contributed by atoms with Crippen LogP contribution in [0.1, 0.15) is 155 Å². The topological polar surface area (TPSA) is 149 Å². The molecule has 4 N–H and O–H groups in total. The number of carboxylic acid groups (broad SMARTS) is 4. The first kappa shape index (κ1) is 38.0. The Labute approximate surface area is 230 Å². The highest BCUT2D eigenvalue weighted by molar-refractivity contribution is 5.70. The molecule has 0 aliphatic rings. The van der Waals surface area contributed by atoms with E-state index in [9.17, 15) is 19.2 Å². The normalized spacial score (nSPS) is 12.3. The minimum Gasteiger partial charge on any atom is -0.481 e. The van der Waals surface area contributed by atoms with Gasteiger partial charge in [0.05, 0.1) is 11.8 Å². The zero-order valence-electron chi connectivity index (χ0n) is 24.1. The summed E-state index contributed by atoms with van der Waals surface area (Å²) >= 11 is 0. The van der Waals surface area contributed by atoms with Gasteiger partial charge in [0.1, 0.15) is 0 Å². The zero-order chi connectivity index (χ0) is 29.0. The molecule has 8 heteroatoms. The van der Waals surface area contributed by atoms with Crippen LogP contribution in [0.25, 0.3) is 0 Å². The van der Waals surface area contributed by atoms with Gasteiger partial charge < -0.3 is 20.4 Å². The molecule has 8 nitrogen and oxygen atoms in total. The van der Waals surface area contributed by atoms with Crippen LogP contribution in [0.15, 0.2) is 0 Å². The Morgan fingerprint density at radius 1 is 0.421 bits per heavy atom. The summed E-state index contributed by atoms with van der Waals surface area (Å²) in [5, 5.41) is 35.2. The summed E-state index contributed by atoms with van der Waals surface area (Å²) in [6.45, 7) is 4.37. The quantitative estimate of drug-likeness (QED) is 0.0796. The highest BCUT2D eigenvalue weighted by atomic mass is 16.4. The van der Waals surface area contributed by atoms with E-state index in [0.29, 0.717) is 38.5 Å². The summed E-state index contributed by atoms with van der Waals surface area (Å²) in [6, 6.07) is 0. The van der Waals surface area contributed by atoms with E-state index in [0.717, 1.165) is 25.7 Å². The molecule has 0 fully saturated rings. The highest BCUT2D eigenvalue weighted by Crippen LogP contribution is 2.19. The van der Waals surface area contributed by atoms with Gasteiger partial charge in [0.25, 0.3) is 0 Å². The second kappa shape index (κ2) is 27.9. The first-order chi connectivity index (χ1) is 18.1. The van der Waals surface area contributed by atoms with Crippen LogP contribution in [0, 0.1) is 11.8 Å². The molecule has 0 aromatic carbocycles. The lowest BCUT2D eigenvalue weighted by molar-refractivity contribution is -0.143. The SMILES string of the molecule is CCCCCCCCC(CCCC(=O)O)C(=O)O.CCCCCCCCCCC(CCCC(=O)O)C(=O)O. The van der Waals surface area contributed by atoms with Gasteiger partial charge in [-0.2, -0.15) is 0 Å². The van der Waals surface area contributed by atoms with E-state index >= 15 is 0 Å². The van der Waals surface area contributed by atoms with Crippen LogP contribution in [0.3, 0.4) is 0 Å². The molecule has 0 saturated carbocycles. The number of carbonyl (C=O) groups is 4. The molecule has 224 valence electrons. The van der Waals surface area contributed by atoms with E-state index < -0.39 is 23.9 Å².